The Bertz CT molecular complexity index is 417. The van der Waals surface area contributed by atoms with Crippen molar-refractivity contribution in [1.29, 1.82) is 0 Å². The standard InChI is InChI=1S/C13H21N3O2S/c1-4-17-8-12-15-11(14-3)7-13(16-12)19-10-5-6-18-9(10)2/h7,9-10H,4-6,8H2,1-3H3,(H,14,15,16). The molecule has 1 aliphatic rings. The van der Waals surface area contributed by atoms with Crippen LogP contribution in [0, 0.1) is 0 Å². The van der Waals surface area contributed by atoms with Gasteiger partial charge < -0.3 is 14.8 Å². The van der Waals surface area contributed by atoms with Crippen LogP contribution in [0.5, 0.6) is 0 Å². The minimum atomic E-state index is 0.286. The highest BCUT2D eigenvalue weighted by molar-refractivity contribution is 7.99. The summed E-state index contributed by atoms with van der Waals surface area (Å²) in [6.07, 6.45) is 1.36. The summed E-state index contributed by atoms with van der Waals surface area (Å²) in [6.45, 7) is 6.05. The topological polar surface area (TPSA) is 56.3 Å². The van der Waals surface area contributed by atoms with Gasteiger partial charge in [-0.2, -0.15) is 0 Å². The molecule has 1 aliphatic heterocycles. The first-order valence-corrected chi connectivity index (χ1v) is 7.52. The Morgan fingerprint density at radius 2 is 2.37 bits per heavy atom. The molecule has 2 unspecified atom stereocenters. The van der Waals surface area contributed by atoms with Gasteiger partial charge in [-0.05, 0) is 20.3 Å². The summed E-state index contributed by atoms with van der Waals surface area (Å²) in [4.78, 5) is 8.94. The highest BCUT2D eigenvalue weighted by Gasteiger charge is 2.25. The van der Waals surface area contributed by atoms with Crippen LogP contribution in [0.25, 0.3) is 0 Å². The van der Waals surface area contributed by atoms with Crippen molar-refractivity contribution in [2.75, 3.05) is 25.6 Å². The molecule has 0 aliphatic carbocycles. The van der Waals surface area contributed by atoms with Crippen LogP contribution in [0.1, 0.15) is 26.1 Å². The molecule has 1 saturated heterocycles. The molecule has 2 heterocycles. The van der Waals surface area contributed by atoms with Crippen molar-refractivity contribution in [1.82, 2.24) is 9.97 Å². The Morgan fingerprint density at radius 1 is 1.53 bits per heavy atom. The van der Waals surface area contributed by atoms with E-state index in [1.54, 1.807) is 11.8 Å². The van der Waals surface area contributed by atoms with E-state index in [-0.39, 0.29) is 6.10 Å². The molecule has 19 heavy (non-hydrogen) atoms. The third-order valence-electron chi connectivity index (χ3n) is 3.02. The lowest BCUT2D eigenvalue weighted by molar-refractivity contribution is 0.127. The third kappa shape index (κ3) is 4.06. The largest absolute Gasteiger partial charge is 0.377 e. The Labute approximate surface area is 118 Å². The average molecular weight is 283 g/mol. The predicted molar refractivity (Wildman–Crippen MR) is 76.6 cm³/mol. The smallest absolute Gasteiger partial charge is 0.157 e. The first kappa shape index (κ1) is 14.6. The second-order valence-corrected chi connectivity index (χ2v) is 5.68. The molecular weight excluding hydrogens is 262 g/mol. The highest BCUT2D eigenvalue weighted by atomic mass is 32.2. The van der Waals surface area contributed by atoms with Crippen molar-refractivity contribution >= 4 is 17.6 Å². The van der Waals surface area contributed by atoms with Crippen molar-refractivity contribution in [3.05, 3.63) is 11.9 Å². The Morgan fingerprint density at radius 3 is 3.00 bits per heavy atom. The normalized spacial score (nSPS) is 22.7. The molecule has 2 rings (SSSR count). The summed E-state index contributed by atoms with van der Waals surface area (Å²) in [7, 11) is 1.86. The number of nitrogens with one attached hydrogen (secondary N) is 1. The van der Waals surface area contributed by atoms with Gasteiger partial charge in [-0.15, -0.1) is 11.8 Å². The maximum Gasteiger partial charge on any atom is 0.157 e. The highest BCUT2D eigenvalue weighted by Crippen LogP contribution is 2.32. The van der Waals surface area contributed by atoms with Gasteiger partial charge in [-0.3, -0.25) is 0 Å². The minimum Gasteiger partial charge on any atom is -0.377 e. The van der Waals surface area contributed by atoms with E-state index in [0.717, 1.165) is 29.7 Å². The summed E-state index contributed by atoms with van der Waals surface area (Å²) in [5.41, 5.74) is 0. The Balaban J connectivity index is 2.09. The van der Waals surface area contributed by atoms with Gasteiger partial charge in [0.2, 0.25) is 0 Å². The molecule has 0 bridgehead atoms. The van der Waals surface area contributed by atoms with Gasteiger partial charge in [-0.25, -0.2) is 9.97 Å². The van der Waals surface area contributed by atoms with Gasteiger partial charge in [0.25, 0.3) is 0 Å². The van der Waals surface area contributed by atoms with Gasteiger partial charge in [0.15, 0.2) is 5.82 Å². The molecule has 0 aromatic carbocycles. The molecule has 1 fully saturated rings. The van der Waals surface area contributed by atoms with Gasteiger partial charge in [0.05, 0.1) is 6.10 Å². The number of rotatable bonds is 6. The van der Waals surface area contributed by atoms with Crippen LogP contribution in [-0.2, 0) is 16.1 Å². The second kappa shape index (κ2) is 7.07. The number of anilines is 1. The zero-order valence-corrected chi connectivity index (χ0v) is 12.5. The molecule has 2 atom stereocenters. The summed E-state index contributed by atoms with van der Waals surface area (Å²) in [5, 5.41) is 4.52. The van der Waals surface area contributed by atoms with Crippen LogP contribution >= 0.6 is 11.8 Å². The molecule has 0 radical (unpaired) electrons. The monoisotopic (exact) mass is 283 g/mol. The Hall–Kier alpha value is -0.850. The van der Waals surface area contributed by atoms with E-state index < -0.39 is 0 Å². The van der Waals surface area contributed by atoms with Gasteiger partial charge in [0, 0.05) is 31.6 Å². The Kier molecular flexibility index (Phi) is 5.42. The SMILES string of the molecule is CCOCc1nc(NC)cc(SC2CCOC2C)n1. The van der Waals surface area contributed by atoms with Crippen LogP contribution < -0.4 is 5.32 Å². The number of aromatic nitrogens is 2. The molecule has 0 amide bonds. The fourth-order valence-electron chi connectivity index (χ4n) is 1.94. The molecule has 1 N–H and O–H groups in total. The van der Waals surface area contributed by atoms with Gasteiger partial charge in [-0.1, -0.05) is 0 Å². The maximum atomic E-state index is 5.58. The zero-order chi connectivity index (χ0) is 13.7. The van der Waals surface area contributed by atoms with E-state index in [0.29, 0.717) is 18.5 Å². The molecule has 0 saturated carbocycles. The fraction of sp³-hybridized carbons (Fsp3) is 0.692. The first-order chi connectivity index (χ1) is 9.22. The van der Waals surface area contributed by atoms with E-state index in [1.807, 2.05) is 20.0 Å². The molecule has 5 nitrogen and oxygen atoms in total. The maximum absolute atomic E-state index is 5.58. The fourth-order valence-corrected chi connectivity index (χ4v) is 3.07. The summed E-state index contributed by atoms with van der Waals surface area (Å²) < 4.78 is 11.0. The van der Waals surface area contributed by atoms with Crippen molar-refractivity contribution in [2.24, 2.45) is 0 Å². The zero-order valence-electron chi connectivity index (χ0n) is 11.7. The number of ether oxygens (including phenoxy) is 2. The molecule has 1 aromatic rings. The third-order valence-corrected chi connectivity index (χ3v) is 4.39. The number of hydrogen-bond acceptors (Lipinski definition) is 6. The molecular formula is C13H21N3O2S. The van der Waals surface area contributed by atoms with Gasteiger partial charge >= 0.3 is 0 Å². The van der Waals surface area contributed by atoms with Crippen LogP contribution in [0.2, 0.25) is 0 Å². The minimum absolute atomic E-state index is 0.286. The van der Waals surface area contributed by atoms with E-state index in [2.05, 4.69) is 22.2 Å². The molecule has 0 spiro atoms. The van der Waals surface area contributed by atoms with E-state index in [4.69, 9.17) is 9.47 Å². The summed E-state index contributed by atoms with van der Waals surface area (Å²) in [6, 6.07) is 1.98. The lowest BCUT2D eigenvalue weighted by Gasteiger charge is -2.14. The summed E-state index contributed by atoms with van der Waals surface area (Å²) >= 11 is 1.76. The van der Waals surface area contributed by atoms with Crippen molar-refractivity contribution < 1.29 is 9.47 Å². The van der Waals surface area contributed by atoms with Crippen LogP contribution in [0.4, 0.5) is 5.82 Å². The number of thioether (sulfide) groups is 1. The lowest BCUT2D eigenvalue weighted by Crippen LogP contribution is -2.14. The number of hydrogen-bond donors (Lipinski definition) is 1. The quantitative estimate of drug-likeness (QED) is 0.809. The van der Waals surface area contributed by atoms with Crippen molar-refractivity contribution in [3.63, 3.8) is 0 Å². The molecule has 106 valence electrons. The van der Waals surface area contributed by atoms with E-state index in [1.165, 1.54) is 0 Å². The van der Waals surface area contributed by atoms with Crippen LogP contribution in [0.3, 0.4) is 0 Å². The predicted octanol–water partition coefficient (Wildman–Crippen LogP) is 2.32. The average Bonchev–Trinajstić information content (AvgIpc) is 2.81. The van der Waals surface area contributed by atoms with E-state index in [9.17, 15) is 0 Å². The van der Waals surface area contributed by atoms with Crippen LogP contribution in [0.15, 0.2) is 11.1 Å². The van der Waals surface area contributed by atoms with Crippen molar-refractivity contribution in [3.8, 4) is 0 Å². The second-order valence-electron chi connectivity index (χ2n) is 4.42. The summed E-state index contributed by atoms with van der Waals surface area (Å²) in [5.74, 6) is 1.56. The lowest BCUT2D eigenvalue weighted by atomic mass is 10.3. The molecule has 6 heteroatoms. The van der Waals surface area contributed by atoms with Crippen molar-refractivity contribution in [2.45, 2.75) is 43.3 Å². The van der Waals surface area contributed by atoms with Crippen LogP contribution in [-0.4, -0.2) is 41.6 Å². The van der Waals surface area contributed by atoms with Gasteiger partial charge in [0.1, 0.15) is 17.5 Å². The van der Waals surface area contributed by atoms with E-state index >= 15 is 0 Å². The molecule has 1 aromatic heterocycles. The number of nitrogens with zero attached hydrogens (tertiary/aromatic N) is 2. The first-order valence-electron chi connectivity index (χ1n) is 6.64.